The van der Waals surface area contributed by atoms with Crippen molar-refractivity contribution in [2.24, 2.45) is 28.1 Å². The van der Waals surface area contributed by atoms with E-state index in [1.165, 1.54) is 0 Å². The number of aliphatic hydroxyl groups excluding tert-OH is 1. The van der Waals surface area contributed by atoms with Crippen LogP contribution in [0.3, 0.4) is 0 Å². The van der Waals surface area contributed by atoms with Crippen molar-refractivity contribution in [3.63, 3.8) is 0 Å². The molecule has 10 atom stereocenters. The second-order valence-corrected chi connectivity index (χ2v) is 12.4. The molecule has 2 saturated carbocycles. The molecule has 5 heterocycles. The molecule has 0 aromatic carbocycles. The Balaban J connectivity index is 1.40. The molecule has 2 spiro atoms. The highest BCUT2D eigenvalue weighted by Gasteiger charge is 2.89. The van der Waals surface area contributed by atoms with Crippen molar-refractivity contribution in [3.05, 3.63) is 24.2 Å². The number of ether oxygens (including phenoxy) is 4. The molecular weight excluding hydrogens is 440 g/mol. The first-order valence-corrected chi connectivity index (χ1v) is 12.4. The van der Waals surface area contributed by atoms with E-state index in [2.05, 4.69) is 27.7 Å². The monoisotopic (exact) mass is 472 g/mol. The zero-order valence-corrected chi connectivity index (χ0v) is 20.0. The third kappa shape index (κ3) is 2.07. The maximum Gasteiger partial charge on any atom is 0.339 e. The van der Waals surface area contributed by atoms with Crippen LogP contribution < -0.4 is 0 Å². The summed E-state index contributed by atoms with van der Waals surface area (Å²) in [6.45, 7) is 8.63. The van der Waals surface area contributed by atoms with Gasteiger partial charge in [-0.25, -0.2) is 4.79 Å². The SMILES string of the molecule is CC1(C)O[C@H]2CC(=O)OC[C@]23[C@H]2CC[C@@]4(C)[C@H](c5ccoc5)OC(=O)[C@@H]5O[C@@]54[C@]2(C)[C@H](O)C[C@@H]13. The predicted octanol–water partition coefficient (Wildman–Crippen LogP) is 2.93. The predicted molar refractivity (Wildman–Crippen MR) is 115 cm³/mol. The first-order chi connectivity index (χ1) is 16.0. The van der Waals surface area contributed by atoms with Crippen LogP contribution in [0.2, 0.25) is 0 Å². The van der Waals surface area contributed by atoms with E-state index in [9.17, 15) is 14.7 Å². The highest BCUT2D eigenvalue weighted by molar-refractivity contribution is 5.82. The molecule has 1 aromatic rings. The molecule has 8 nitrogen and oxygen atoms in total. The lowest BCUT2D eigenvalue weighted by molar-refractivity contribution is -0.261. The molecule has 4 aliphatic heterocycles. The number of epoxide rings is 1. The van der Waals surface area contributed by atoms with E-state index in [0.29, 0.717) is 6.42 Å². The molecule has 184 valence electrons. The van der Waals surface area contributed by atoms with Crippen LogP contribution in [0, 0.1) is 28.1 Å². The smallest absolute Gasteiger partial charge is 0.339 e. The summed E-state index contributed by atoms with van der Waals surface area (Å²) < 4.78 is 30.0. The van der Waals surface area contributed by atoms with Crippen molar-refractivity contribution in [3.8, 4) is 0 Å². The fraction of sp³-hybridized carbons (Fsp3) is 0.769. The van der Waals surface area contributed by atoms with Gasteiger partial charge in [0, 0.05) is 27.7 Å². The number of carbonyl (C=O) groups is 2. The van der Waals surface area contributed by atoms with Crippen LogP contribution in [0.25, 0.3) is 0 Å². The number of rotatable bonds is 1. The van der Waals surface area contributed by atoms with Crippen molar-refractivity contribution in [1.29, 1.82) is 0 Å². The van der Waals surface area contributed by atoms with Gasteiger partial charge in [0.2, 0.25) is 0 Å². The number of cyclic esters (lactones) is 2. The van der Waals surface area contributed by atoms with Crippen molar-refractivity contribution in [1.82, 2.24) is 0 Å². The quantitative estimate of drug-likeness (QED) is 0.491. The first-order valence-electron chi connectivity index (χ1n) is 12.4. The maximum atomic E-state index is 13.2. The second-order valence-electron chi connectivity index (χ2n) is 12.4. The zero-order valence-electron chi connectivity index (χ0n) is 20.0. The summed E-state index contributed by atoms with van der Waals surface area (Å²) in [6.07, 6.45) is 3.27. The summed E-state index contributed by atoms with van der Waals surface area (Å²) in [7, 11) is 0. The van der Waals surface area contributed by atoms with Crippen LogP contribution in [0.1, 0.15) is 65.0 Å². The zero-order chi connectivity index (χ0) is 23.9. The van der Waals surface area contributed by atoms with E-state index in [-0.39, 0.29) is 42.9 Å². The molecule has 7 rings (SSSR count). The third-order valence-electron chi connectivity index (χ3n) is 11.0. The number of hydrogen-bond donors (Lipinski definition) is 1. The fourth-order valence-electron chi connectivity index (χ4n) is 9.62. The van der Waals surface area contributed by atoms with Gasteiger partial charge in [0.15, 0.2) is 6.10 Å². The van der Waals surface area contributed by atoms with Crippen LogP contribution in [-0.4, -0.2) is 53.2 Å². The number of esters is 2. The minimum absolute atomic E-state index is 0.0318. The Labute approximate surface area is 198 Å². The second kappa shape index (κ2) is 6.08. The Morgan fingerprint density at radius 1 is 1.06 bits per heavy atom. The Morgan fingerprint density at radius 3 is 2.59 bits per heavy atom. The van der Waals surface area contributed by atoms with Gasteiger partial charge in [-0.1, -0.05) is 13.8 Å². The standard InChI is InChI=1S/C26H32O8/c1-22(2)15-9-16(27)24(4)14(25(15)12-31-18(28)10-17(25)33-22)5-7-23(3)19(13-6-8-30-11-13)32-21(29)20-26(23,24)34-20/h6,8,11,14-17,19-20,27H,5,7,9-10,12H2,1-4H3/t14-,15-,16+,17-,19-,20-,23-,24-,25+,26-/m0/s1. The minimum atomic E-state index is -0.877. The number of aliphatic hydroxyl groups is 1. The van der Waals surface area contributed by atoms with Gasteiger partial charge in [-0.3, -0.25) is 4.79 Å². The number of hydrogen-bond acceptors (Lipinski definition) is 8. The van der Waals surface area contributed by atoms with E-state index in [1.54, 1.807) is 12.5 Å². The normalized spacial score (nSPS) is 54.5. The van der Waals surface area contributed by atoms with E-state index in [1.807, 2.05) is 6.07 Å². The van der Waals surface area contributed by atoms with E-state index >= 15 is 0 Å². The lowest BCUT2D eigenvalue weighted by atomic mass is 9.36. The van der Waals surface area contributed by atoms with Crippen molar-refractivity contribution < 1.29 is 38.1 Å². The number of carbonyl (C=O) groups excluding carboxylic acids is 2. The molecule has 0 unspecified atom stereocenters. The molecule has 8 heteroatoms. The Kier molecular flexibility index (Phi) is 3.82. The molecule has 6 aliphatic rings. The topological polar surface area (TPSA) is 108 Å². The van der Waals surface area contributed by atoms with E-state index < -0.39 is 45.8 Å². The summed E-state index contributed by atoms with van der Waals surface area (Å²) in [5, 5.41) is 11.9. The first kappa shape index (κ1) is 21.4. The van der Waals surface area contributed by atoms with Gasteiger partial charge >= 0.3 is 11.9 Å². The van der Waals surface area contributed by atoms with Gasteiger partial charge in [-0.05, 0) is 45.1 Å². The van der Waals surface area contributed by atoms with Crippen LogP contribution >= 0.6 is 0 Å². The van der Waals surface area contributed by atoms with Crippen molar-refractivity contribution >= 4 is 11.9 Å². The molecule has 0 bridgehead atoms. The summed E-state index contributed by atoms with van der Waals surface area (Å²) in [4.78, 5) is 25.5. The van der Waals surface area contributed by atoms with Crippen LogP contribution in [-0.2, 0) is 28.5 Å². The number of fused-ring (bicyclic) bond motifs is 1. The molecule has 4 saturated heterocycles. The summed E-state index contributed by atoms with van der Waals surface area (Å²) in [5.41, 5.74) is -2.27. The van der Waals surface area contributed by atoms with Crippen LogP contribution in [0.15, 0.2) is 23.0 Å². The molecular formula is C26H32O8. The molecule has 2 aliphatic carbocycles. The molecule has 6 fully saturated rings. The molecule has 0 radical (unpaired) electrons. The summed E-state index contributed by atoms with van der Waals surface area (Å²) in [6, 6.07) is 1.84. The van der Waals surface area contributed by atoms with Crippen molar-refractivity contribution in [2.75, 3.05) is 6.61 Å². The van der Waals surface area contributed by atoms with Crippen LogP contribution in [0.5, 0.6) is 0 Å². The van der Waals surface area contributed by atoms with E-state index in [4.69, 9.17) is 23.4 Å². The summed E-state index contributed by atoms with van der Waals surface area (Å²) in [5.74, 6) is -0.625. The average Bonchev–Trinajstić information content (AvgIpc) is 3.26. The Hall–Kier alpha value is -1.90. The highest BCUT2D eigenvalue weighted by atomic mass is 16.7. The van der Waals surface area contributed by atoms with Gasteiger partial charge in [0.05, 0.1) is 36.8 Å². The van der Waals surface area contributed by atoms with Gasteiger partial charge in [0.25, 0.3) is 0 Å². The average molecular weight is 473 g/mol. The molecule has 1 aromatic heterocycles. The molecule has 0 amide bonds. The van der Waals surface area contributed by atoms with Gasteiger partial charge < -0.3 is 28.5 Å². The largest absolute Gasteiger partial charge is 0.472 e. The van der Waals surface area contributed by atoms with Crippen LogP contribution in [0.4, 0.5) is 0 Å². The Bertz CT molecular complexity index is 1080. The van der Waals surface area contributed by atoms with Gasteiger partial charge in [0.1, 0.15) is 18.3 Å². The molecule has 1 N–H and O–H groups in total. The number of furan rings is 1. The van der Waals surface area contributed by atoms with Gasteiger partial charge in [-0.15, -0.1) is 0 Å². The minimum Gasteiger partial charge on any atom is -0.472 e. The lowest BCUT2D eigenvalue weighted by Gasteiger charge is -2.67. The third-order valence-corrected chi connectivity index (χ3v) is 11.0. The van der Waals surface area contributed by atoms with Gasteiger partial charge in [-0.2, -0.15) is 0 Å². The Morgan fingerprint density at radius 2 is 1.85 bits per heavy atom. The highest BCUT2D eigenvalue weighted by Crippen LogP contribution is 2.80. The molecule has 34 heavy (non-hydrogen) atoms. The summed E-state index contributed by atoms with van der Waals surface area (Å²) >= 11 is 0. The van der Waals surface area contributed by atoms with E-state index in [0.717, 1.165) is 18.4 Å². The van der Waals surface area contributed by atoms with Crippen molar-refractivity contribution in [2.45, 2.75) is 89.0 Å². The maximum absolute atomic E-state index is 13.2. The fourth-order valence-corrected chi connectivity index (χ4v) is 9.62. The lowest BCUT2D eigenvalue weighted by Crippen LogP contribution is -2.73.